The molecule has 0 radical (unpaired) electrons. The van der Waals surface area contributed by atoms with Crippen molar-refractivity contribution in [1.29, 1.82) is 0 Å². The number of nitrogens with zero attached hydrogens (tertiary/aromatic N) is 1. The van der Waals surface area contributed by atoms with Gasteiger partial charge in [0, 0.05) is 0 Å². The molecule has 0 bridgehead atoms. The van der Waals surface area contributed by atoms with Crippen LogP contribution in [0.4, 0.5) is 5.69 Å². The number of carboxylic acid groups (broad SMARTS) is 1. The summed E-state index contributed by atoms with van der Waals surface area (Å²) in [6, 6.07) is 2.71. The van der Waals surface area contributed by atoms with Crippen molar-refractivity contribution in [3.8, 4) is 5.75 Å². The van der Waals surface area contributed by atoms with Crippen LogP contribution >= 0.6 is 15.9 Å². The summed E-state index contributed by atoms with van der Waals surface area (Å²) in [5.41, 5.74) is -0.973. The fraction of sp³-hybridized carbons (Fsp3) is 0.125. The van der Waals surface area contributed by atoms with E-state index >= 15 is 0 Å². The monoisotopic (exact) mass is 275 g/mol. The van der Waals surface area contributed by atoms with Gasteiger partial charge in [0.25, 0.3) is 0 Å². The third kappa shape index (κ3) is 2.07. The number of carboxylic acids is 1. The molecular formula is C8H6BrNO5. The van der Waals surface area contributed by atoms with Crippen molar-refractivity contribution in [3.05, 3.63) is 32.3 Å². The first-order valence-electron chi connectivity index (χ1n) is 3.73. The largest absolute Gasteiger partial charge is 0.496 e. The molecule has 0 heterocycles. The number of rotatable bonds is 3. The Labute approximate surface area is 92.8 Å². The molecule has 0 saturated carbocycles. The second-order valence-corrected chi connectivity index (χ2v) is 3.39. The quantitative estimate of drug-likeness (QED) is 0.674. The number of methoxy groups -OCH3 is 1. The highest BCUT2D eigenvalue weighted by Crippen LogP contribution is 2.35. The smallest absolute Gasteiger partial charge is 0.346 e. The lowest BCUT2D eigenvalue weighted by atomic mass is 10.1. The molecule has 1 N–H and O–H groups in total. The van der Waals surface area contributed by atoms with Crippen LogP contribution in [0.5, 0.6) is 5.75 Å². The van der Waals surface area contributed by atoms with Gasteiger partial charge in [0.2, 0.25) is 0 Å². The highest BCUT2D eigenvalue weighted by molar-refractivity contribution is 9.10. The van der Waals surface area contributed by atoms with E-state index in [0.29, 0.717) is 0 Å². The van der Waals surface area contributed by atoms with Crippen LogP contribution in [0.2, 0.25) is 0 Å². The van der Waals surface area contributed by atoms with E-state index in [4.69, 9.17) is 9.84 Å². The van der Waals surface area contributed by atoms with E-state index in [1.54, 1.807) is 0 Å². The fourth-order valence-electron chi connectivity index (χ4n) is 1.10. The topological polar surface area (TPSA) is 89.7 Å². The van der Waals surface area contributed by atoms with Crippen molar-refractivity contribution in [2.24, 2.45) is 0 Å². The number of benzene rings is 1. The normalized spacial score (nSPS) is 9.73. The Bertz CT molecular complexity index is 431. The van der Waals surface area contributed by atoms with E-state index in [-0.39, 0.29) is 10.2 Å². The van der Waals surface area contributed by atoms with Gasteiger partial charge in [-0.2, -0.15) is 0 Å². The first kappa shape index (κ1) is 11.4. The number of hydrogen-bond donors (Lipinski definition) is 1. The summed E-state index contributed by atoms with van der Waals surface area (Å²) < 4.78 is 4.85. The standard InChI is InChI=1S/C8H6BrNO5/c1-15-5-3-2-4(9)7(10(13)14)6(5)8(11)12/h2-3H,1H3,(H,11,12). The van der Waals surface area contributed by atoms with Gasteiger partial charge >= 0.3 is 11.7 Å². The minimum atomic E-state index is -1.40. The summed E-state index contributed by atoms with van der Waals surface area (Å²) >= 11 is 2.92. The Morgan fingerprint density at radius 3 is 2.60 bits per heavy atom. The second kappa shape index (κ2) is 4.26. The predicted molar refractivity (Wildman–Crippen MR) is 54.3 cm³/mol. The zero-order valence-electron chi connectivity index (χ0n) is 7.56. The van der Waals surface area contributed by atoms with Gasteiger partial charge in [0.1, 0.15) is 5.75 Å². The van der Waals surface area contributed by atoms with Crippen LogP contribution in [-0.2, 0) is 0 Å². The number of nitro benzene ring substituents is 1. The fourth-order valence-corrected chi connectivity index (χ4v) is 1.58. The lowest BCUT2D eigenvalue weighted by Crippen LogP contribution is -2.06. The van der Waals surface area contributed by atoms with Crippen LogP contribution in [0.1, 0.15) is 10.4 Å². The average molecular weight is 276 g/mol. The van der Waals surface area contributed by atoms with E-state index in [1.165, 1.54) is 19.2 Å². The van der Waals surface area contributed by atoms with Crippen LogP contribution < -0.4 is 4.74 Å². The van der Waals surface area contributed by atoms with Gasteiger partial charge in [0.05, 0.1) is 16.5 Å². The van der Waals surface area contributed by atoms with Crippen molar-refractivity contribution < 1.29 is 19.6 Å². The van der Waals surface area contributed by atoms with Gasteiger partial charge in [-0.3, -0.25) is 10.1 Å². The molecule has 0 amide bonds. The highest BCUT2D eigenvalue weighted by atomic mass is 79.9. The third-order valence-corrected chi connectivity index (χ3v) is 2.35. The average Bonchev–Trinajstić information content (AvgIpc) is 2.16. The molecule has 15 heavy (non-hydrogen) atoms. The first-order valence-corrected chi connectivity index (χ1v) is 4.52. The number of nitro groups is 1. The maximum atomic E-state index is 10.9. The predicted octanol–water partition coefficient (Wildman–Crippen LogP) is 2.06. The minimum absolute atomic E-state index is 0.0441. The zero-order valence-corrected chi connectivity index (χ0v) is 9.15. The zero-order chi connectivity index (χ0) is 11.6. The molecule has 0 aliphatic rings. The maximum Gasteiger partial charge on any atom is 0.346 e. The third-order valence-electron chi connectivity index (χ3n) is 1.71. The molecule has 1 aromatic rings. The summed E-state index contributed by atoms with van der Waals surface area (Å²) in [4.78, 5) is 20.8. The van der Waals surface area contributed by atoms with Gasteiger partial charge in [-0.1, -0.05) is 0 Å². The Morgan fingerprint density at radius 2 is 2.20 bits per heavy atom. The van der Waals surface area contributed by atoms with Gasteiger partial charge < -0.3 is 9.84 Å². The molecule has 1 rings (SSSR count). The van der Waals surface area contributed by atoms with E-state index in [2.05, 4.69) is 15.9 Å². The van der Waals surface area contributed by atoms with Crippen molar-refractivity contribution in [3.63, 3.8) is 0 Å². The summed E-state index contributed by atoms with van der Waals surface area (Å²) in [6.45, 7) is 0. The van der Waals surface area contributed by atoms with Gasteiger partial charge in [-0.15, -0.1) is 0 Å². The number of aromatic carboxylic acids is 1. The highest BCUT2D eigenvalue weighted by Gasteiger charge is 2.27. The number of halogens is 1. The van der Waals surface area contributed by atoms with Crippen LogP contribution in [0.3, 0.4) is 0 Å². The van der Waals surface area contributed by atoms with E-state index in [0.717, 1.165) is 0 Å². The molecule has 0 atom stereocenters. The number of ether oxygens (including phenoxy) is 1. The molecule has 6 nitrogen and oxygen atoms in total. The molecule has 1 aromatic carbocycles. The molecule has 80 valence electrons. The molecule has 0 spiro atoms. The van der Waals surface area contributed by atoms with Crippen molar-refractivity contribution in [2.75, 3.05) is 7.11 Å². The lowest BCUT2D eigenvalue weighted by Gasteiger charge is -2.05. The SMILES string of the molecule is COc1ccc(Br)c([N+](=O)[O-])c1C(=O)O. The summed E-state index contributed by atoms with van der Waals surface area (Å²) in [5, 5.41) is 19.5. The lowest BCUT2D eigenvalue weighted by molar-refractivity contribution is -0.386. The summed E-state index contributed by atoms with van der Waals surface area (Å²) in [6.07, 6.45) is 0. The molecule has 0 saturated heterocycles. The number of carbonyl (C=O) groups is 1. The summed E-state index contributed by atoms with van der Waals surface area (Å²) in [7, 11) is 1.25. The molecule has 0 unspecified atom stereocenters. The van der Waals surface area contributed by atoms with Crippen LogP contribution in [-0.4, -0.2) is 23.1 Å². The molecule has 0 aliphatic carbocycles. The van der Waals surface area contributed by atoms with Crippen molar-refractivity contribution >= 4 is 27.6 Å². The Balaban J connectivity index is 3.58. The van der Waals surface area contributed by atoms with Gasteiger partial charge in [0.15, 0.2) is 5.56 Å². The van der Waals surface area contributed by atoms with E-state index < -0.39 is 22.1 Å². The van der Waals surface area contributed by atoms with Gasteiger partial charge in [-0.05, 0) is 28.1 Å². The Kier molecular flexibility index (Phi) is 3.25. The minimum Gasteiger partial charge on any atom is -0.496 e. The first-order chi connectivity index (χ1) is 6.99. The molecule has 7 heteroatoms. The molecule has 0 fully saturated rings. The van der Waals surface area contributed by atoms with E-state index in [1.807, 2.05) is 0 Å². The van der Waals surface area contributed by atoms with Crippen LogP contribution in [0, 0.1) is 10.1 Å². The molecule has 0 aromatic heterocycles. The number of hydrogen-bond acceptors (Lipinski definition) is 4. The van der Waals surface area contributed by atoms with E-state index in [9.17, 15) is 14.9 Å². The van der Waals surface area contributed by atoms with Crippen LogP contribution in [0.25, 0.3) is 0 Å². The second-order valence-electron chi connectivity index (χ2n) is 2.54. The molecule has 0 aliphatic heterocycles. The van der Waals surface area contributed by atoms with Crippen LogP contribution in [0.15, 0.2) is 16.6 Å². The Morgan fingerprint density at radius 1 is 1.60 bits per heavy atom. The Hall–Kier alpha value is -1.63. The van der Waals surface area contributed by atoms with Crippen molar-refractivity contribution in [1.82, 2.24) is 0 Å². The van der Waals surface area contributed by atoms with Crippen molar-refractivity contribution in [2.45, 2.75) is 0 Å². The summed E-state index contributed by atoms with van der Waals surface area (Å²) in [5.74, 6) is -1.45. The van der Waals surface area contributed by atoms with Gasteiger partial charge in [-0.25, -0.2) is 4.79 Å². The maximum absolute atomic E-state index is 10.9. The molecular weight excluding hydrogens is 270 g/mol.